The molecule has 6 aliphatic carbocycles. The summed E-state index contributed by atoms with van der Waals surface area (Å²) in [5.74, 6) is 0.327. The number of aliphatic hydroxyl groups excluding tert-OH is 2. The number of ketones is 1. The first-order chi connectivity index (χ1) is 27.2. The number of allylic oxidation sites excluding steroid dienone is 5. The second-order valence-corrected chi connectivity index (χ2v) is 20.7. The van der Waals surface area contributed by atoms with Crippen LogP contribution in [-0.2, 0) is 14.3 Å². The first-order valence-corrected chi connectivity index (χ1v) is 23.1. The highest BCUT2D eigenvalue weighted by atomic mass is 16.6. The second kappa shape index (κ2) is 15.9. The molecule has 8 rings (SSSR count). The number of carbonyl (C=O) groups is 1. The number of ether oxygens (including phenoxy) is 2. The van der Waals surface area contributed by atoms with Gasteiger partial charge in [0.1, 0.15) is 6.10 Å². The molecule has 0 aromatic heterocycles. The summed E-state index contributed by atoms with van der Waals surface area (Å²) in [6.07, 6.45) is 22.5. The van der Waals surface area contributed by atoms with E-state index >= 15 is 0 Å². The molecule has 5 fully saturated rings. The molecule has 1 unspecified atom stereocenters. The molecule has 9 nitrogen and oxygen atoms in total. The quantitative estimate of drug-likeness (QED) is 0.1000. The van der Waals surface area contributed by atoms with Crippen molar-refractivity contribution in [3.8, 4) is 0 Å². The third-order valence-corrected chi connectivity index (χ3v) is 17.5. The Kier molecular flexibility index (Phi) is 11.7. The zero-order chi connectivity index (χ0) is 40.5. The monoisotopic (exact) mass is 791 g/mol. The van der Waals surface area contributed by atoms with Crippen LogP contribution in [0, 0.1) is 58.2 Å². The molecule has 7 N–H and O–H groups in total. The molecule has 0 radical (unpaired) electrons. The van der Waals surface area contributed by atoms with E-state index in [1.807, 2.05) is 19.2 Å². The van der Waals surface area contributed by atoms with Crippen LogP contribution in [0.15, 0.2) is 47.7 Å². The van der Waals surface area contributed by atoms with E-state index in [1.54, 1.807) is 6.08 Å². The maximum atomic E-state index is 14.5. The van der Waals surface area contributed by atoms with Crippen LogP contribution < -0.4 is 11.1 Å². The Morgan fingerprint density at radius 3 is 2.56 bits per heavy atom. The zero-order valence-electron chi connectivity index (χ0n) is 35.5. The zero-order valence-corrected chi connectivity index (χ0v) is 35.5. The van der Waals surface area contributed by atoms with Crippen LogP contribution in [-0.4, -0.2) is 80.7 Å². The van der Waals surface area contributed by atoms with E-state index in [4.69, 9.17) is 15.2 Å². The third-order valence-electron chi connectivity index (χ3n) is 17.5. The van der Waals surface area contributed by atoms with Crippen molar-refractivity contribution in [1.29, 1.82) is 0 Å². The number of aliphatic hydroxyl groups is 4. The number of nitrogens with two attached hydrogens (primary N) is 1. The summed E-state index contributed by atoms with van der Waals surface area (Å²) in [6, 6.07) is 0. The lowest BCUT2D eigenvalue weighted by Crippen LogP contribution is -2.66. The van der Waals surface area contributed by atoms with Crippen molar-refractivity contribution in [2.75, 3.05) is 6.61 Å². The average Bonchev–Trinajstić information content (AvgIpc) is 3.46. The van der Waals surface area contributed by atoms with Gasteiger partial charge in [0.25, 0.3) is 0 Å². The Bertz CT molecular complexity index is 1620. The molecule has 2 aliphatic heterocycles. The van der Waals surface area contributed by atoms with E-state index in [9.17, 15) is 25.2 Å². The van der Waals surface area contributed by atoms with Gasteiger partial charge in [0, 0.05) is 30.1 Å². The van der Waals surface area contributed by atoms with Crippen molar-refractivity contribution >= 4 is 5.78 Å². The maximum Gasteiger partial charge on any atom is 0.159 e. The van der Waals surface area contributed by atoms with Crippen molar-refractivity contribution in [3.63, 3.8) is 0 Å². The number of fused-ring (bicyclic) bond motifs is 3. The second-order valence-electron chi connectivity index (χ2n) is 20.7. The molecule has 0 bridgehead atoms. The molecule has 0 amide bonds. The van der Waals surface area contributed by atoms with E-state index in [0.717, 1.165) is 49.2 Å². The average molecular weight is 791 g/mol. The van der Waals surface area contributed by atoms with E-state index < -0.39 is 46.3 Å². The van der Waals surface area contributed by atoms with Gasteiger partial charge in [-0.1, -0.05) is 78.0 Å². The predicted octanol–water partition coefficient (Wildman–Crippen LogP) is 6.64. The highest BCUT2D eigenvalue weighted by Crippen LogP contribution is 2.72. The molecule has 0 aromatic rings. The minimum atomic E-state index is -1.33. The van der Waals surface area contributed by atoms with Gasteiger partial charge < -0.3 is 41.0 Å². The summed E-state index contributed by atoms with van der Waals surface area (Å²) in [5.41, 5.74) is 3.89. The Morgan fingerprint density at radius 1 is 1.04 bits per heavy atom. The summed E-state index contributed by atoms with van der Waals surface area (Å²) in [4.78, 5) is 14.5. The Balaban J connectivity index is 1.16. The molecule has 8 aliphatic rings. The van der Waals surface area contributed by atoms with Crippen LogP contribution >= 0.6 is 0 Å². The summed E-state index contributed by atoms with van der Waals surface area (Å²) in [5, 5.41) is 52.4. The fraction of sp³-hybridized carbons (Fsp3) is 0.812. The van der Waals surface area contributed by atoms with Crippen LogP contribution in [0.5, 0.6) is 0 Å². The molecular weight excluding hydrogens is 717 g/mol. The van der Waals surface area contributed by atoms with Gasteiger partial charge in [0.05, 0.1) is 41.8 Å². The SMILES string of the molecule is CCCCCO[C@H]([C@@H]1O[C@@H]2CC[C@H](CCC)CC[C@H]2[C@@H]1C)[C@](C)(O)[C@H]1CC[C@@]2(O)C3=CC(=O)[C@@H]4C[C@@H](O)[C@@H](O)C[C@@]45C[C@@H](C4=CNC(N)C=C4)C=C[C@H](C[C@]12C)[C@@H]35. The molecule has 4 saturated carbocycles. The van der Waals surface area contributed by atoms with Gasteiger partial charge in [-0.3, -0.25) is 4.79 Å². The largest absolute Gasteiger partial charge is 0.390 e. The van der Waals surface area contributed by atoms with Gasteiger partial charge in [-0.15, -0.1) is 0 Å². The first kappa shape index (κ1) is 41.9. The van der Waals surface area contributed by atoms with Gasteiger partial charge in [0.2, 0.25) is 0 Å². The summed E-state index contributed by atoms with van der Waals surface area (Å²) >= 11 is 0. The normalized spacial score (nSPS) is 47.9. The van der Waals surface area contributed by atoms with Crippen molar-refractivity contribution in [3.05, 3.63) is 47.7 Å². The Labute approximate surface area is 342 Å². The fourth-order valence-electron chi connectivity index (χ4n) is 14.7. The van der Waals surface area contributed by atoms with Crippen LogP contribution in [0.2, 0.25) is 0 Å². The van der Waals surface area contributed by atoms with Crippen molar-refractivity contribution in [2.45, 2.75) is 179 Å². The minimum Gasteiger partial charge on any atom is -0.390 e. The van der Waals surface area contributed by atoms with Gasteiger partial charge in [-0.2, -0.15) is 0 Å². The molecule has 1 spiro atoms. The molecule has 318 valence electrons. The number of dihydropyridines is 1. The summed E-state index contributed by atoms with van der Waals surface area (Å²) in [6.45, 7) is 11.5. The van der Waals surface area contributed by atoms with E-state index in [0.29, 0.717) is 44.6 Å². The standard InChI is InChI=1S/C48H74N2O7/c1-6-8-9-21-56-44(43-28(3)33-16-11-29(10-7-2)12-17-39(33)57-43)46(5,54)40-19-20-48(55)35-23-36(51)34-22-37(52)38(53)26-47(34)25-30(32-15-18-41(49)50-27-32)13-14-31(42(35)47)24-45(40,48)4/h13-15,18,23,27-31,33-34,37-44,50,52-55H,6-12,16-17,19-22,24-26,49H2,1-5H3/t28-,29+,30-,31+,33-,34-,37+,38-,39+,40-,41?,42-,43+,44+,45+,46+,47-,48+/m0/s1. The number of rotatable bonds is 11. The number of nitrogens with one attached hydrogen (secondary N) is 1. The van der Waals surface area contributed by atoms with Crippen LogP contribution in [0.1, 0.15) is 131 Å². The molecule has 9 heteroatoms. The molecule has 1 saturated heterocycles. The van der Waals surface area contributed by atoms with E-state index in [1.165, 1.54) is 25.7 Å². The molecule has 18 atom stereocenters. The van der Waals surface area contributed by atoms with Gasteiger partial charge in [-0.25, -0.2) is 0 Å². The van der Waals surface area contributed by atoms with Crippen LogP contribution in [0.3, 0.4) is 0 Å². The van der Waals surface area contributed by atoms with E-state index in [2.05, 4.69) is 51.2 Å². The topological polar surface area (TPSA) is 155 Å². The lowest BCUT2D eigenvalue weighted by atomic mass is 9.42. The van der Waals surface area contributed by atoms with Gasteiger partial charge in [-0.05, 0) is 135 Å². The maximum absolute atomic E-state index is 14.5. The highest BCUT2D eigenvalue weighted by molar-refractivity contribution is 5.95. The van der Waals surface area contributed by atoms with Gasteiger partial charge >= 0.3 is 0 Å². The minimum absolute atomic E-state index is 0.0439. The summed E-state index contributed by atoms with van der Waals surface area (Å²) < 4.78 is 14.0. The number of carbonyl (C=O) groups excluding carboxylic acids is 1. The lowest BCUT2D eigenvalue weighted by Gasteiger charge is -2.63. The summed E-state index contributed by atoms with van der Waals surface area (Å²) in [7, 11) is 0. The van der Waals surface area contributed by atoms with Crippen molar-refractivity contribution < 1.29 is 34.7 Å². The third kappa shape index (κ3) is 6.89. The molecule has 2 heterocycles. The first-order valence-electron chi connectivity index (χ1n) is 23.1. The van der Waals surface area contributed by atoms with Crippen molar-refractivity contribution in [1.82, 2.24) is 5.32 Å². The number of hydrogen-bond donors (Lipinski definition) is 6. The number of unbranched alkanes of at least 4 members (excludes halogenated alkanes) is 2. The highest BCUT2D eigenvalue weighted by Gasteiger charge is 2.72. The Hall–Kier alpha value is -1.85. The van der Waals surface area contributed by atoms with Crippen molar-refractivity contribution in [2.24, 2.45) is 63.9 Å². The number of hydrogen-bond acceptors (Lipinski definition) is 9. The smallest absolute Gasteiger partial charge is 0.159 e. The van der Waals surface area contributed by atoms with Crippen LogP contribution in [0.4, 0.5) is 0 Å². The molecule has 0 aromatic carbocycles. The predicted molar refractivity (Wildman–Crippen MR) is 221 cm³/mol. The fourth-order valence-corrected chi connectivity index (χ4v) is 14.7. The Morgan fingerprint density at radius 2 is 1.82 bits per heavy atom. The molecule has 57 heavy (non-hydrogen) atoms. The van der Waals surface area contributed by atoms with E-state index in [-0.39, 0.29) is 60.2 Å². The lowest BCUT2D eigenvalue weighted by molar-refractivity contribution is -0.216. The molecular formula is C48H74N2O7. The van der Waals surface area contributed by atoms with Gasteiger partial charge in [0.15, 0.2) is 5.78 Å². The van der Waals surface area contributed by atoms with Crippen LogP contribution in [0.25, 0.3) is 0 Å².